The molecule has 1 aromatic heterocycles. The van der Waals surface area contributed by atoms with Gasteiger partial charge in [-0.2, -0.15) is 0 Å². The van der Waals surface area contributed by atoms with Crippen LogP contribution in [0.2, 0.25) is 0 Å². The number of rotatable bonds is 10. The molecule has 274 valence electrons. The predicted octanol–water partition coefficient (Wildman–Crippen LogP) is 0.278. The Balaban J connectivity index is 2.06. The fourth-order valence-electron chi connectivity index (χ4n) is 5.81. The van der Waals surface area contributed by atoms with Crippen molar-refractivity contribution >= 4 is 52.3 Å². The van der Waals surface area contributed by atoms with Crippen molar-refractivity contribution in [1.29, 1.82) is 0 Å². The molecule has 3 rings (SSSR count). The highest BCUT2D eigenvalue weighted by molar-refractivity contribution is 5.99. The van der Waals surface area contributed by atoms with Gasteiger partial charge < -0.3 is 42.6 Å². The average Bonchev–Trinajstić information content (AvgIpc) is 3.48. The van der Waals surface area contributed by atoms with E-state index in [2.05, 4.69) is 36.9 Å². The summed E-state index contributed by atoms with van der Waals surface area (Å²) in [6.45, 7) is 10.4. The Hall–Kier alpha value is -4.95. The molecule has 0 aliphatic carbocycles. The standard InChI is InChI=1S/C35H52N8O7/c1-7-19(5)29-34(49)41-26(15-27(36)44)31(46)38-17-28(45)39-25(14-21-16-37-23-12-10-9-11-22(21)23)32(47)40-24(13-18(3)4)33(48)42-30(20(6)8-2)35(50)43-29/h9-12,16,18-20,24-26,29-30,37H,7-8,13-15,17H2,1-6H3,(H2,36,44)(H,38,46)(H,39,45)(H,40,47)(H,41,49)(H,42,48)(H,43,50)/t19-,20+,24+,25+,26+,29+,30-/m1/s1. The molecule has 9 N–H and O–H groups in total. The second-order valence-electron chi connectivity index (χ2n) is 13.6. The number of carbonyl (C=O) groups is 7. The zero-order valence-corrected chi connectivity index (χ0v) is 29.7. The monoisotopic (exact) mass is 696 g/mol. The quantitative estimate of drug-likeness (QED) is 0.173. The van der Waals surface area contributed by atoms with Gasteiger partial charge in [0.2, 0.25) is 41.4 Å². The van der Waals surface area contributed by atoms with Crippen LogP contribution in [-0.4, -0.2) is 83.1 Å². The van der Waals surface area contributed by atoms with Gasteiger partial charge in [0.05, 0.1) is 13.0 Å². The lowest BCUT2D eigenvalue weighted by Gasteiger charge is -2.31. The summed E-state index contributed by atoms with van der Waals surface area (Å²) in [5, 5.41) is 16.8. The van der Waals surface area contributed by atoms with Crippen molar-refractivity contribution in [3.05, 3.63) is 36.0 Å². The molecule has 1 aliphatic heterocycles. The van der Waals surface area contributed by atoms with E-state index in [1.54, 1.807) is 20.0 Å². The number of carbonyl (C=O) groups excluding carboxylic acids is 7. The molecule has 2 aromatic rings. The Morgan fingerprint density at radius 1 is 0.740 bits per heavy atom. The van der Waals surface area contributed by atoms with Crippen molar-refractivity contribution in [2.45, 2.75) is 104 Å². The first-order chi connectivity index (χ1) is 23.6. The minimum absolute atomic E-state index is 0.0384. The van der Waals surface area contributed by atoms with Crippen LogP contribution in [0.4, 0.5) is 0 Å². The number of benzene rings is 1. The minimum Gasteiger partial charge on any atom is -0.370 e. The van der Waals surface area contributed by atoms with Gasteiger partial charge in [0.15, 0.2) is 0 Å². The van der Waals surface area contributed by atoms with E-state index in [0.717, 1.165) is 16.5 Å². The summed E-state index contributed by atoms with van der Waals surface area (Å²) < 4.78 is 0. The van der Waals surface area contributed by atoms with Crippen LogP contribution in [0.15, 0.2) is 30.5 Å². The molecule has 1 aliphatic rings. The smallest absolute Gasteiger partial charge is 0.243 e. The summed E-state index contributed by atoms with van der Waals surface area (Å²) in [6, 6.07) is 1.53. The molecule has 1 fully saturated rings. The van der Waals surface area contributed by atoms with Gasteiger partial charge >= 0.3 is 0 Å². The Morgan fingerprint density at radius 3 is 1.90 bits per heavy atom. The second kappa shape index (κ2) is 18.2. The van der Waals surface area contributed by atoms with E-state index in [1.165, 1.54) is 0 Å². The van der Waals surface area contributed by atoms with Crippen molar-refractivity contribution < 1.29 is 33.6 Å². The van der Waals surface area contributed by atoms with Crippen LogP contribution in [0.3, 0.4) is 0 Å². The maximum Gasteiger partial charge on any atom is 0.243 e. The van der Waals surface area contributed by atoms with E-state index in [1.807, 2.05) is 52.0 Å². The van der Waals surface area contributed by atoms with E-state index in [9.17, 15) is 33.6 Å². The van der Waals surface area contributed by atoms with E-state index in [-0.39, 0.29) is 24.7 Å². The van der Waals surface area contributed by atoms with Crippen molar-refractivity contribution in [2.75, 3.05) is 6.54 Å². The molecule has 1 saturated heterocycles. The SMILES string of the molecule is CC[C@@H](C)[C@@H]1NC(=O)[C@@H]([C@@H](C)CC)NC(=O)[C@H](CC(C)C)NC(=O)[C@H](Cc2c[nH]c3ccccc23)NC(=O)CNC(=O)[C@H](CC(N)=O)NC1=O. The molecule has 2 heterocycles. The number of hydrogen-bond donors (Lipinski definition) is 8. The number of aromatic nitrogens is 1. The number of nitrogens with one attached hydrogen (secondary N) is 7. The van der Waals surface area contributed by atoms with Gasteiger partial charge in [-0.15, -0.1) is 0 Å². The van der Waals surface area contributed by atoms with Crippen molar-refractivity contribution in [2.24, 2.45) is 23.5 Å². The molecule has 0 saturated carbocycles. The lowest BCUT2D eigenvalue weighted by atomic mass is 9.94. The number of hydrogen-bond acceptors (Lipinski definition) is 7. The van der Waals surface area contributed by atoms with Crippen LogP contribution >= 0.6 is 0 Å². The first-order valence-corrected chi connectivity index (χ1v) is 17.3. The van der Waals surface area contributed by atoms with Gasteiger partial charge in [-0.05, 0) is 35.8 Å². The summed E-state index contributed by atoms with van der Waals surface area (Å²) in [6.07, 6.45) is 2.40. The Kier molecular flexibility index (Phi) is 14.3. The molecule has 0 bridgehead atoms. The molecule has 7 amide bonds. The lowest BCUT2D eigenvalue weighted by Crippen LogP contribution is -2.62. The van der Waals surface area contributed by atoms with E-state index in [4.69, 9.17) is 5.73 Å². The highest BCUT2D eigenvalue weighted by Gasteiger charge is 2.36. The van der Waals surface area contributed by atoms with Gasteiger partial charge in [-0.3, -0.25) is 33.6 Å². The third-order valence-electron chi connectivity index (χ3n) is 9.14. The average molecular weight is 697 g/mol. The van der Waals surface area contributed by atoms with Gasteiger partial charge in [-0.1, -0.05) is 72.6 Å². The largest absolute Gasteiger partial charge is 0.370 e. The summed E-state index contributed by atoms with van der Waals surface area (Å²) in [7, 11) is 0. The minimum atomic E-state index is -1.46. The van der Waals surface area contributed by atoms with Crippen LogP contribution in [0.1, 0.15) is 72.8 Å². The number of para-hydroxylation sites is 1. The molecule has 15 heteroatoms. The molecule has 15 nitrogen and oxygen atoms in total. The van der Waals surface area contributed by atoms with Crippen molar-refractivity contribution in [3.63, 3.8) is 0 Å². The number of aromatic amines is 1. The van der Waals surface area contributed by atoms with E-state index >= 15 is 0 Å². The number of fused-ring (bicyclic) bond motifs is 1. The third kappa shape index (κ3) is 10.8. The summed E-state index contributed by atoms with van der Waals surface area (Å²) in [5.74, 6) is -5.89. The first-order valence-electron chi connectivity index (χ1n) is 17.3. The van der Waals surface area contributed by atoms with Crippen LogP contribution < -0.4 is 37.6 Å². The van der Waals surface area contributed by atoms with Gasteiger partial charge in [0.25, 0.3) is 0 Å². The Bertz CT molecular complexity index is 1560. The normalized spacial score (nSPS) is 24.5. The van der Waals surface area contributed by atoms with Crippen LogP contribution in [-0.2, 0) is 40.0 Å². The fourth-order valence-corrected chi connectivity index (χ4v) is 5.81. The molecule has 50 heavy (non-hydrogen) atoms. The predicted molar refractivity (Wildman–Crippen MR) is 187 cm³/mol. The Labute approximate surface area is 292 Å². The summed E-state index contributed by atoms with van der Waals surface area (Å²) in [5.41, 5.74) is 6.94. The van der Waals surface area contributed by atoms with Gasteiger partial charge in [0.1, 0.15) is 30.2 Å². The van der Waals surface area contributed by atoms with E-state index < -0.39 is 90.4 Å². The number of H-pyrrole nitrogens is 1. The fraction of sp³-hybridized carbons (Fsp3) is 0.571. The maximum atomic E-state index is 13.9. The summed E-state index contributed by atoms with van der Waals surface area (Å²) in [4.78, 5) is 96.7. The molecule has 0 unspecified atom stereocenters. The molecule has 7 atom stereocenters. The second-order valence-corrected chi connectivity index (χ2v) is 13.6. The highest BCUT2D eigenvalue weighted by atomic mass is 16.2. The number of nitrogens with two attached hydrogens (primary N) is 1. The lowest BCUT2D eigenvalue weighted by molar-refractivity contribution is -0.137. The van der Waals surface area contributed by atoms with Gasteiger partial charge in [0, 0.05) is 23.5 Å². The van der Waals surface area contributed by atoms with Crippen LogP contribution in [0.5, 0.6) is 0 Å². The van der Waals surface area contributed by atoms with Crippen molar-refractivity contribution in [3.8, 4) is 0 Å². The highest BCUT2D eigenvalue weighted by Crippen LogP contribution is 2.20. The molecule has 0 radical (unpaired) electrons. The van der Waals surface area contributed by atoms with Crippen LogP contribution in [0.25, 0.3) is 10.9 Å². The van der Waals surface area contributed by atoms with E-state index in [0.29, 0.717) is 12.8 Å². The van der Waals surface area contributed by atoms with Crippen molar-refractivity contribution in [1.82, 2.24) is 36.9 Å². The van der Waals surface area contributed by atoms with Crippen LogP contribution in [0, 0.1) is 17.8 Å². The van der Waals surface area contributed by atoms with Gasteiger partial charge in [-0.25, -0.2) is 0 Å². The third-order valence-corrected chi connectivity index (χ3v) is 9.14. The number of amides is 7. The zero-order valence-electron chi connectivity index (χ0n) is 29.7. The molecular formula is C35H52N8O7. The molecule has 0 spiro atoms. The Morgan fingerprint density at radius 2 is 1.30 bits per heavy atom. The first kappa shape index (κ1) is 39.5. The molecule has 1 aromatic carbocycles. The number of primary amides is 1. The summed E-state index contributed by atoms with van der Waals surface area (Å²) >= 11 is 0. The topological polar surface area (TPSA) is 233 Å². The molecular weight excluding hydrogens is 644 g/mol. The maximum absolute atomic E-state index is 13.9. The zero-order chi connectivity index (χ0) is 37.1.